The van der Waals surface area contributed by atoms with Gasteiger partial charge in [-0.05, 0) is 6.07 Å². The Labute approximate surface area is 80.0 Å². The van der Waals surface area contributed by atoms with Crippen LogP contribution in [0.3, 0.4) is 0 Å². The second-order valence-corrected chi connectivity index (χ2v) is 2.99. The minimum Gasteiger partial charge on any atom is -0.478 e. The van der Waals surface area contributed by atoms with Gasteiger partial charge in [0.1, 0.15) is 5.56 Å². The lowest BCUT2D eigenvalue weighted by molar-refractivity contribution is 0.0697. The maximum Gasteiger partial charge on any atom is 0.339 e. The minimum atomic E-state index is -1.07. The lowest BCUT2D eigenvalue weighted by Gasteiger charge is -2.12. The Morgan fingerprint density at radius 3 is 2.62 bits per heavy atom. The van der Waals surface area contributed by atoms with Gasteiger partial charge in [0.05, 0.1) is 0 Å². The van der Waals surface area contributed by atoms with Crippen molar-refractivity contribution in [2.24, 2.45) is 0 Å². The summed E-state index contributed by atoms with van der Waals surface area (Å²) in [4.78, 5) is 12.3. The van der Waals surface area contributed by atoms with Crippen LogP contribution in [-0.4, -0.2) is 35.4 Å². The van der Waals surface area contributed by atoms with Crippen LogP contribution in [0.2, 0.25) is 5.15 Å². The monoisotopic (exact) mass is 201 g/mol. The number of halogens is 1. The van der Waals surface area contributed by atoms with Crippen molar-refractivity contribution in [2.75, 3.05) is 19.0 Å². The summed E-state index contributed by atoms with van der Waals surface area (Å²) < 4.78 is 0. The molecule has 0 radical (unpaired) electrons. The lowest BCUT2D eigenvalue weighted by atomic mass is 10.3. The molecule has 1 heterocycles. The highest BCUT2D eigenvalue weighted by atomic mass is 35.5. The molecular weight excluding hydrogens is 194 g/mol. The fraction of sp³-hybridized carbons (Fsp3) is 0.286. The molecule has 0 aliphatic rings. The topological polar surface area (TPSA) is 66.3 Å². The van der Waals surface area contributed by atoms with Crippen molar-refractivity contribution in [1.82, 2.24) is 10.2 Å². The Hall–Kier alpha value is -1.36. The van der Waals surface area contributed by atoms with E-state index in [1.165, 1.54) is 6.07 Å². The van der Waals surface area contributed by atoms with Gasteiger partial charge in [-0.25, -0.2) is 4.79 Å². The smallest absolute Gasteiger partial charge is 0.339 e. The molecule has 0 saturated carbocycles. The van der Waals surface area contributed by atoms with Crippen LogP contribution < -0.4 is 4.90 Å². The molecule has 0 unspecified atom stereocenters. The van der Waals surface area contributed by atoms with E-state index in [0.717, 1.165) is 0 Å². The van der Waals surface area contributed by atoms with E-state index in [1.54, 1.807) is 19.0 Å². The van der Waals surface area contributed by atoms with Gasteiger partial charge in [0.15, 0.2) is 11.0 Å². The Bertz CT molecular complexity index is 341. The third kappa shape index (κ3) is 2.06. The number of carbonyl (C=O) groups is 1. The highest BCUT2D eigenvalue weighted by Crippen LogP contribution is 2.16. The molecule has 0 atom stereocenters. The second-order valence-electron chi connectivity index (χ2n) is 2.60. The lowest BCUT2D eigenvalue weighted by Crippen LogP contribution is -2.16. The molecule has 5 nitrogen and oxygen atoms in total. The average molecular weight is 202 g/mol. The Kier molecular flexibility index (Phi) is 2.67. The summed E-state index contributed by atoms with van der Waals surface area (Å²) in [5, 5.41) is 16.1. The molecule has 1 aromatic heterocycles. The van der Waals surface area contributed by atoms with Crippen LogP contribution in [-0.2, 0) is 0 Å². The molecule has 70 valence electrons. The van der Waals surface area contributed by atoms with Crippen LogP contribution in [0.25, 0.3) is 0 Å². The molecule has 1 rings (SSSR count). The van der Waals surface area contributed by atoms with Crippen molar-refractivity contribution in [3.8, 4) is 0 Å². The van der Waals surface area contributed by atoms with Gasteiger partial charge in [0, 0.05) is 14.1 Å². The number of carboxylic acids is 1. The van der Waals surface area contributed by atoms with Crippen LogP contribution in [0.15, 0.2) is 6.07 Å². The molecule has 0 bridgehead atoms. The summed E-state index contributed by atoms with van der Waals surface area (Å²) in [5.74, 6) is -0.780. The zero-order valence-corrected chi connectivity index (χ0v) is 7.91. The molecule has 0 aliphatic heterocycles. The van der Waals surface area contributed by atoms with Gasteiger partial charge in [-0.1, -0.05) is 11.6 Å². The number of aromatic nitrogens is 2. The summed E-state index contributed by atoms with van der Waals surface area (Å²) in [6.07, 6.45) is 0. The van der Waals surface area contributed by atoms with Gasteiger partial charge < -0.3 is 10.0 Å². The maximum atomic E-state index is 10.7. The van der Waals surface area contributed by atoms with E-state index < -0.39 is 5.97 Å². The van der Waals surface area contributed by atoms with Crippen LogP contribution >= 0.6 is 11.6 Å². The first kappa shape index (κ1) is 9.73. The molecule has 1 aromatic rings. The molecule has 0 aliphatic carbocycles. The molecule has 1 N–H and O–H groups in total. The van der Waals surface area contributed by atoms with E-state index in [9.17, 15) is 4.79 Å². The standard InChI is InChI=1S/C7H8ClN3O2/c1-11(2)6-4(7(12)13)3-5(8)9-10-6/h3H,1-2H3,(H,12,13). The van der Waals surface area contributed by atoms with E-state index in [0.29, 0.717) is 0 Å². The predicted molar refractivity (Wildman–Crippen MR) is 48.3 cm³/mol. The minimum absolute atomic E-state index is 0.0463. The van der Waals surface area contributed by atoms with Gasteiger partial charge >= 0.3 is 5.97 Å². The van der Waals surface area contributed by atoms with Gasteiger partial charge in [-0.2, -0.15) is 0 Å². The summed E-state index contributed by atoms with van der Waals surface area (Å²) in [6.45, 7) is 0. The van der Waals surface area contributed by atoms with Gasteiger partial charge in [0.2, 0.25) is 0 Å². The van der Waals surface area contributed by atoms with Crippen molar-refractivity contribution in [3.63, 3.8) is 0 Å². The molecule has 6 heteroatoms. The molecule has 0 fully saturated rings. The summed E-state index contributed by atoms with van der Waals surface area (Å²) in [5.41, 5.74) is 0.0463. The van der Waals surface area contributed by atoms with Crippen molar-refractivity contribution < 1.29 is 9.90 Å². The Morgan fingerprint density at radius 1 is 1.54 bits per heavy atom. The molecule has 0 aromatic carbocycles. The number of hydrogen-bond donors (Lipinski definition) is 1. The van der Waals surface area contributed by atoms with E-state index >= 15 is 0 Å². The van der Waals surface area contributed by atoms with Crippen LogP contribution in [0.1, 0.15) is 10.4 Å². The average Bonchev–Trinajstić information content (AvgIpc) is 2.03. The number of anilines is 1. The molecule has 0 spiro atoms. The van der Waals surface area contributed by atoms with Crippen molar-refractivity contribution >= 4 is 23.4 Å². The SMILES string of the molecule is CN(C)c1nnc(Cl)cc1C(=O)O. The van der Waals surface area contributed by atoms with Crippen LogP contribution in [0.5, 0.6) is 0 Å². The zero-order chi connectivity index (χ0) is 10.0. The van der Waals surface area contributed by atoms with Crippen molar-refractivity contribution in [3.05, 3.63) is 16.8 Å². The summed E-state index contributed by atoms with van der Waals surface area (Å²) >= 11 is 5.51. The van der Waals surface area contributed by atoms with Crippen LogP contribution in [0.4, 0.5) is 5.82 Å². The quantitative estimate of drug-likeness (QED) is 0.770. The predicted octanol–water partition coefficient (Wildman–Crippen LogP) is 0.894. The summed E-state index contributed by atoms with van der Waals surface area (Å²) in [7, 11) is 3.37. The largest absolute Gasteiger partial charge is 0.478 e. The first-order chi connectivity index (χ1) is 6.02. The number of aromatic carboxylic acids is 1. The fourth-order valence-electron chi connectivity index (χ4n) is 0.849. The highest BCUT2D eigenvalue weighted by molar-refractivity contribution is 6.29. The first-order valence-corrected chi connectivity index (χ1v) is 3.84. The van der Waals surface area contributed by atoms with E-state index in [4.69, 9.17) is 16.7 Å². The Balaban J connectivity index is 3.27. The first-order valence-electron chi connectivity index (χ1n) is 3.46. The van der Waals surface area contributed by atoms with E-state index in [-0.39, 0.29) is 16.5 Å². The fourth-order valence-corrected chi connectivity index (χ4v) is 0.996. The zero-order valence-electron chi connectivity index (χ0n) is 7.15. The molecular formula is C7H8ClN3O2. The third-order valence-corrected chi connectivity index (χ3v) is 1.58. The molecule has 0 amide bonds. The van der Waals surface area contributed by atoms with E-state index in [2.05, 4.69) is 10.2 Å². The summed E-state index contributed by atoms with van der Waals surface area (Å²) in [6, 6.07) is 1.27. The van der Waals surface area contributed by atoms with Gasteiger partial charge in [-0.3, -0.25) is 0 Å². The third-order valence-electron chi connectivity index (χ3n) is 1.40. The number of rotatable bonds is 2. The van der Waals surface area contributed by atoms with Crippen molar-refractivity contribution in [1.29, 1.82) is 0 Å². The maximum absolute atomic E-state index is 10.7. The molecule has 13 heavy (non-hydrogen) atoms. The second kappa shape index (κ2) is 3.57. The van der Waals surface area contributed by atoms with Crippen LogP contribution in [0, 0.1) is 0 Å². The normalized spacial score (nSPS) is 9.77. The highest BCUT2D eigenvalue weighted by Gasteiger charge is 2.14. The molecule has 0 saturated heterocycles. The van der Waals surface area contributed by atoms with E-state index in [1.807, 2.05) is 0 Å². The number of carboxylic acid groups (broad SMARTS) is 1. The number of nitrogens with zero attached hydrogens (tertiary/aromatic N) is 3. The van der Waals surface area contributed by atoms with Crippen molar-refractivity contribution in [2.45, 2.75) is 0 Å². The van der Waals surface area contributed by atoms with Gasteiger partial charge in [0.25, 0.3) is 0 Å². The number of hydrogen-bond acceptors (Lipinski definition) is 4. The Morgan fingerprint density at radius 2 is 2.15 bits per heavy atom. The van der Waals surface area contributed by atoms with Gasteiger partial charge in [-0.15, -0.1) is 10.2 Å².